The first-order valence-electron chi connectivity index (χ1n) is 4.96. The highest BCUT2D eigenvalue weighted by molar-refractivity contribution is 7.13. The molecule has 17 heavy (non-hydrogen) atoms. The van der Waals surface area contributed by atoms with Crippen molar-refractivity contribution in [1.29, 1.82) is 0 Å². The lowest BCUT2D eigenvalue weighted by Gasteiger charge is -1.97. The van der Waals surface area contributed by atoms with Gasteiger partial charge in [0.2, 0.25) is 5.13 Å². The molecule has 0 spiro atoms. The van der Waals surface area contributed by atoms with E-state index in [1.54, 1.807) is 18.2 Å². The van der Waals surface area contributed by atoms with Gasteiger partial charge in [0.15, 0.2) is 0 Å². The first-order valence-corrected chi connectivity index (χ1v) is 5.77. The van der Waals surface area contributed by atoms with Crippen molar-refractivity contribution in [2.75, 3.05) is 5.73 Å². The van der Waals surface area contributed by atoms with Gasteiger partial charge in [-0.25, -0.2) is 9.36 Å². The van der Waals surface area contributed by atoms with E-state index in [0.29, 0.717) is 16.3 Å². The molecule has 7 heteroatoms. The highest BCUT2D eigenvalue weighted by atomic mass is 32.1. The van der Waals surface area contributed by atoms with Crippen LogP contribution in [0.25, 0.3) is 16.2 Å². The van der Waals surface area contributed by atoms with Crippen LogP contribution in [0.2, 0.25) is 0 Å². The number of hydrogen-bond acceptors (Lipinski definition) is 5. The summed E-state index contributed by atoms with van der Waals surface area (Å²) < 4.78 is 1.50. The zero-order valence-corrected chi connectivity index (χ0v) is 9.78. The quantitative estimate of drug-likeness (QED) is 0.629. The van der Waals surface area contributed by atoms with E-state index in [9.17, 15) is 4.79 Å². The molecule has 0 bridgehead atoms. The maximum Gasteiger partial charge on any atom is 0.332 e. The molecule has 3 rings (SSSR count). The number of aryl methyl sites for hydroxylation is 1. The predicted molar refractivity (Wildman–Crippen MR) is 66.5 cm³/mol. The average molecular weight is 247 g/mol. The molecule has 3 aromatic rings. The monoisotopic (exact) mass is 247 g/mol. The van der Waals surface area contributed by atoms with Gasteiger partial charge in [0.25, 0.3) is 0 Å². The smallest absolute Gasteiger partial charge is 0.332 e. The van der Waals surface area contributed by atoms with Gasteiger partial charge in [-0.1, -0.05) is 11.3 Å². The molecule has 6 nitrogen and oxygen atoms in total. The first-order chi connectivity index (χ1) is 8.15. The molecule has 0 atom stereocenters. The third-order valence-electron chi connectivity index (χ3n) is 2.41. The number of rotatable bonds is 1. The summed E-state index contributed by atoms with van der Waals surface area (Å²) in [6.07, 6.45) is 0. The molecule has 1 aromatic carbocycles. The Hall–Kier alpha value is -2.15. The van der Waals surface area contributed by atoms with Crippen molar-refractivity contribution in [3.8, 4) is 5.13 Å². The van der Waals surface area contributed by atoms with Gasteiger partial charge in [0, 0.05) is 5.69 Å². The van der Waals surface area contributed by atoms with Gasteiger partial charge in [-0.2, -0.15) is 0 Å². The van der Waals surface area contributed by atoms with Crippen LogP contribution in [-0.2, 0) is 0 Å². The van der Waals surface area contributed by atoms with Crippen molar-refractivity contribution < 1.29 is 0 Å². The van der Waals surface area contributed by atoms with Crippen LogP contribution in [0.3, 0.4) is 0 Å². The summed E-state index contributed by atoms with van der Waals surface area (Å²) in [7, 11) is 0. The van der Waals surface area contributed by atoms with Crippen molar-refractivity contribution in [1.82, 2.24) is 19.7 Å². The van der Waals surface area contributed by atoms with E-state index in [-0.39, 0.29) is 5.69 Å². The van der Waals surface area contributed by atoms with Gasteiger partial charge >= 0.3 is 5.69 Å². The molecule has 0 saturated heterocycles. The topological polar surface area (TPSA) is 89.6 Å². The van der Waals surface area contributed by atoms with Gasteiger partial charge in [0.05, 0.1) is 11.0 Å². The van der Waals surface area contributed by atoms with Crippen LogP contribution >= 0.6 is 11.3 Å². The zero-order chi connectivity index (χ0) is 12.0. The Morgan fingerprint density at radius 2 is 2.24 bits per heavy atom. The van der Waals surface area contributed by atoms with Crippen LogP contribution in [-0.4, -0.2) is 19.7 Å². The van der Waals surface area contributed by atoms with Crippen LogP contribution in [0.15, 0.2) is 23.0 Å². The molecule has 0 aliphatic rings. The normalized spacial score (nSPS) is 11.1. The molecule has 0 radical (unpaired) electrons. The minimum Gasteiger partial charge on any atom is -0.399 e. The fourth-order valence-electron chi connectivity index (χ4n) is 1.70. The number of nitrogens with one attached hydrogen (secondary N) is 1. The van der Waals surface area contributed by atoms with E-state index >= 15 is 0 Å². The lowest BCUT2D eigenvalue weighted by Crippen LogP contribution is -2.14. The van der Waals surface area contributed by atoms with E-state index in [1.807, 2.05) is 6.92 Å². The molecule has 2 aromatic heterocycles. The number of fused-ring (bicyclic) bond motifs is 1. The number of imidazole rings is 1. The largest absolute Gasteiger partial charge is 0.399 e. The third kappa shape index (κ3) is 1.51. The summed E-state index contributed by atoms with van der Waals surface area (Å²) in [6, 6.07) is 5.26. The molecule has 3 N–H and O–H groups in total. The molecule has 0 fully saturated rings. The summed E-state index contributed by atoms with van der Waals surface area (Å²) in [6.45, 7) is 1.85. The second-order valence-electron chi connectivity index (χ2n) is 3.65. The number of aromatic amines is 1. The van der Waals surface area contributed by atoms with Gasteiger partial charge in [-0.3, -0.25) is 0 Å². The lowest BCUT2D eigenvalue weighted by atomic mass is 10.3. The Bertz CT molecular complexity index is 753. The maximum atomic E-state index is 11.9. The number of aromatic nitrogens is 4. The number of anilines is 1. The van der Waals surface area contributed by atoms with Crippen LogP contribution in [0, 0.1) is 6.92 Å². The Morgan fingerprint density at radius 3 is 2.94 bits per heavy atom. The highest BCUT2D eigenvalue weighted by Crippen LogP contribution is 2.19. The lowest BCUT2D eigenvalue weighted by molar-refractivity contribution is 0.937. The molecular formula is C10H9N5OS. The SMILES string of the molecule is Cc1nnc(-n2c(=O)[nH]c3cc(N)ccc32)s1. The Labute approximate surface area is 99.7 Å². The number of nitrogen functional groups attached to an aromatic ring is 1. The molecule has 2 heterocycles. The minimum atomic E-state index is -0.234. The fraction of sp³-hybridized carbons (Fsp3) is 0.100. The van der Waals surface area contributed by atoms with E-state index in [4.69, 9.17) is 5.73 Å². The van der Waals surface area contributed by atoms with Crippen molar-refractivity contribution in [3.05, 3.63) is 33.7 Å². The second-order valence-corrected chi connectivity index (χ2v) is 4.81. The predicted octanol–water partition coefficient (Wildman–Crippen LogP) is 1.06. The van der Waals surface area contributed by atoms with Crippen LogP contribution in [0.5, 0.6) is 0 Å². The van der Waals surface area contributed by atoms with Crippen molar-refractivity contribution in [3.63, 3.8) is 0 Å². The Kier molecular flexibility index (Phi) is 2.02. The molecule has 86 valence electrons. The summed E-state index contributed by atoms with van der Waals surface area (Å²) in [5.74, 6) is 0. The van der Waals surface area contributed by atoms with Gasteiger partial charge in [-0.05, 0) is 25.1 Å². The van der Waals surface area contributed by atoms with Gasteiger partial charge < -0.3 is 10.7 Å². The Balaban J connectivity index is 2.36. The number of nitrogens with two attached hydrogens (primary N) is 1. The second kappa shape index (κ2) is 3.42. The first kappa shape index (κ1) is 10.0. The van der Waals surface area contributed by atoms with Crippen molar-refractivity contribution in [2.45, 2.75) is 6.92 Å². The molecular weight excluding hydrogens is 238 g/mol. The van der Waals surface area contributed by atoms with Crippen LogP contribution < -0.4 is 11.4 Å². The van der Waals surface area contributed by atoms with Gasteiger partial charge in [-0.15, -0.1) is 10.2 Å². The van der Waals surface area contributed by atoms with E-state index in [2.05, 4.69) is 15.2 Å². The van der Waals surface area contributed by atoms with E-state index < -0.39 is 0 Å². The van der Waals surface area contributed by atoms with E-state index in [0.717, 1.165) is 10.5 Å². The molecule has 0 aliphatic carbocycles. The summed E-state index contributed by atoms with van der Waals surface area (Å²) in [5, 5.41) is 9.26. The number of hydrogen-bond donors (Lipinski definition) is 2. The van der Waals surface area contributed by atoms with Crippen LogP contribution in [0.1, 0.15) is 5.01 Å². The molecule has 0 aliphatic heterocycles. The number of nitrogens with zero attached hydrogens (tertiary/aromatic N) is 3. The molecule has 0 amide bonds. The van der Waals surface area contributed by atoms with Crippen molar-refractivity contribution >= 4 is 28.1 Å². The molecule has 0 saturated carbocycles. The Morgan fingerprint density at radius 1 is 1.41 bits per heavy atom. The number of benzene rings is 1. The summed E-state index contributed by atoms with van der Waals surface area (Å²) in [5.41, 5.74) is 7.49. The molecule has 0 unspecified atom stereocenters. The average Bonchev–Trinajstić information content (AvgIpc) is 2.80. The standard InChI is InChI=1S/C10H9N5OS/c1-5-13-14-10(17-5)15-8-3-2-6(11)4-7(8)12-9(15)16/h2-4H,11H2,1H3,(H,12,16). The van der Waals surface area contributed by atoms with Crippen LogP contribution in [0.4, 0.5) is 5.69 Å². The maximum absolute atomic E-state index is 11.9. The fourth-order valence-corrected chi connectivity index (χ4v) is 2.40. The number of H-pyrrole nitrogens is 1. The van der Waals surface area contributed by atoms with E-state index in [1.165, 1.54) is 15.9 Å². The zero-order valence-electron chi connectivity index (χ0n) is 8.97. The summed E-state index contributed by atoms with van der Waals surface area (Å²) >= 11 is 1.37. The minimum absolute atomic E-state index is 0.234. The third-order valence-corrected chi connectivity index (χ3v) is 3.24. The van der Waals surface area contributed by atoms with Crippen molar-refractivity contribution in [2.24, 2.45) is 0 Å². The summed E-state index contributed by atoms with van der Waals surface area (Å²) in [4.78, 5) is 14.6. The van der Waals surface area contributed by atoms with Gasteiger partial charge in [0.1, 0.15) is 5.01 Å². The highest BCUT2D eigenvalue weighted by Gasteiger charge is 2.12.